The lowest BCUT2D eigenvalue weighted by atomic mass is 10.2. The van der Waals surface area contributed by atoms with Crippen LogP contribution in [-0.2, 0) is 0 Å². The molecule has 0 bridgehead atoms. The Labute approximate surface area is 96.3 Å². The van der Waals surface area contributed by atoms with Gasteiger partial charge >= 0.3 is 0 Å². The molecule has 0 fully saturated rings. The number of aromatic nitrogens is 2. The Morgan fingerprint density at radius 3 is 2.88 bits per heavy atom. The molecule has 0 radical (unpaired) electrons. The molecule has 1 aromatic heterocycles. The number of nitrogens with two attached hydrogens (primary N) is 1. The summed E-state index contributed by atoms with van der Waals surface area (Å²) in [5.41, 5.74) is 6.07. The number of aliphatic hydroxyl groups excluding tert-OH is 1. The first-order valence-corrected chi connectivity index (χ1v) is 4.98. The molecule has 1 heterocycles. The fourth-order valence-corrected chi connectivity index (χ4v) is 1.55. The standard InChI is InChI=1S/C11H11F2N3O/c12-7-2-1-3-9(11(7)13)16-6-15-4-10(16)8(14)5-17/h1-4,6,8,17H,5,14H2. The Balaban J connectivity index is 2.54. The maximum absolute atomic E-state index is 13.6. The molecule has 2 aromatic rings. The SMILES string of the molecule is NC(CO)c1cncn1-c1cccc(F)c1F. The van der Waals surface area contributed by atoms with Gasteiger partial charge in [-0.1, -0.05) is 6.07 Å². The van der Waals surface area contributed by atoms with E-state index in [1.165, 1.54) is 29.2 Å². The van der Waals surface area contributed by atoms with E-state index < -0.39 is 17.7 Å². The molecule has 0 aliphatic rings. The Morgan fingerprint density at radius 2 is 2.18 bits per heavy atom. The topological polar surface area (TPSA) is 64.1 Å². The highest BCUT2D eigenvalue weighted by molar-refractivity contribution is 5.36. The van der Waals surface area contributed by atoms with E-state index in [1.54, 1.807) is 0 Å². The Morgan fingerprint density at radius 1 is 1.41 bits per heavy atom. The summed E-state index contributed by atoms with van der Waals surface area (Å²) < 4.78 is 28.0. The molecule has 2 rings (SSSR count). The van der Waals surface area contributed by atoms with E-state index in [0.29, 0.717) is 5.69 Å². The molecule has 0 saturated heterocycles. The quantitative estimate of drug-likeness (QED) is 0.844. The second-order valence-electron chi connectivity index (χ2n) is 3.55. The normalized spacial score (nSPS) is 12.7. The molecule has 17 heavy (non-hydrogen) atoms. The van der Waals surface area contributed by atoms with Crippen LogP contribution in [-0.4, -0.2) is 21.3 Å². The van der Waals surface area contributed by atoms with Crippen LogP contribution in [0, 0.1) is 11.6 Å². The van der Waals surface area contributed by atoms with Crippen molar-refractivity contribution in [2.45, 2.75) is 6.04 Å². The van der Waals surface area contributed by atoms with Crippen molar-refractivity contribution in [2.75, 3.05) is 6.61 Å². The lowest BCUT2D eigenvalue weighted by molar-refractivity contribution is 0.264. The van der Waals surface area contributed by atoms with Crippen molar-refractivity contribution in [2.24, 2.45) is 5.73 Å². The zero-order chi connectivity index (χ0) is 12.4. The highest BCUT2D eigenvalue weighted by Crippen LogP contribution is 2.20. The third kappa shape index (κ3) is 2.04. The van der Waals surface area contributed by atoms with Crippen LogP contribution in [0.25, 0.3) is 5.69 Å². The molecule has 1 atom stereocenters. The lowest BCUT2D eigenvalue weighted by Crippen LogP contribution is -2.18. The van der Waals surface area contributed by atoms with Gasteiger partial charge in [0.2, 0.25) is 0 Å². The molecule has 3 N–H and O–H groups in total. The average Bonchev–Trinajstić information content (AvgIpc) is 2.80. The monoisotopic (exact) mass is 239 g/mol. The number of hydrogen-bond acceptors (Lipinski definition) is 3. The number of imidazole rings is 1. The van der Waals surface area contributed by atoms with Crippen LogP contribution in [0.3, 0.4) is 0 Å². The fourth-order valence-electron chi connectivity index (χ4n) is 1.55. The van der Waals surface area contributed by atoms with Gasteiger partial charge in [0.1, 0.15) is 0 Å². The van der Waals surface area contributed by atoms with Gasteiger partial charge in [-0.2, -0.15) is 0 Å². The van der Waals surface area contributed by atoms with Gasteiger partial charge in [0, 0.05) is 0 Å². The largest absolute Gasteiger partial charge is 0.394 e. The van der Waals surface area contributed by atoms with E-state index in [2.05, 4.69) is 4.98 Å². The van der Waals surface area contributed by atoms with E-state index in [1.807, 2.05) is 0 Å². The van der Waals surface area contributed by atoms with Crippen LogP contribution >= 0.6 is 0 Å². The molecule has 0 amide bonds. The molecular weight excluding hydrogens is 228 g/mol. The van der Waals surface area contributed by atoms with Gasteiger partial charge in [0.15, 0.2) is 11.6 Å². The zero-order valence-electron chi connectivity index (χ0n) is 8.85. The Kier molecular flexibility index (Phi) is 3.16. The molecule has 0 saturated carbocycles. The van der Waals surface area contributed by atoms with Crippen molar-refractivity contribution in [3.63, 3.8) is 0 Å². The lowest BCUT2D eigenvalue weighted by Gasteiger charge is -2.13. The van der Waals surface area contributed by atoms with Crippen LogP contribution in [0.15, 0.2) is 30.7 Å². The number of aliphatic hydroxyl groups is 1. The first-order chi connectivity index (χ1) is 8.15. The second-order valence-corrected chi connectivity index (χ2v) is 3.55. The second kappa shape index (κ2) is 4.60. The Hall–Kier alpha value is -1.79. The smallest absolute Gasteiger partial charge is 0.182 e. The molecule has 90 valence electrons. The van der Waals surface area contributed by atoms with Crippen LogP contribution in [0.5, 0.6) is 0 Å². The maximum Gasteiger partial charge on any atom is 0.182 e. The third-order valence-corrected chi connectivity index (χ3v) is 2.43. The maximum atomic E-state index is 13.6. The molecule has 1 aromatic carbocycles. The summed E-state index contributed by atoms with van der Waals surface area (Å²) >= 11 is 0. The van der Waals surface area contributed by atoms with Crippen molar-refractivity contribution in [3.05, 3.63) is 48.1 Å². The zero-order valence-corrected chi connectivity index (χ0v) is 8.85. The number of benzene rings is 1. The van der Waals surface area contributed by atoms with Gasteiger partial charge in [-0.05, 0) is 12.1 Å². The van der Waals surface area contributed by atoms with E-state index in [9.17, 15) is 8.78 Å². The van der Waals surface area contributed by atoms with E-state index in [0.717, 1.165) is 6.07 Å². The summed E-state index contributed by atoms with van der Waals surface area (Å²) in [5.74, 6) is -1.92. The van der Waals surface area contributed by atoms with Gasteiger partial charge in [-0.15, -0.1) is 0 Å². The van der Waals surface area contributed by atoms with Crippen molar-refractivity contribution < 1.29 is 13.9 Å². The molecule has 4 nitrogen and oxygen atoms in total. The van der Waals surface area contributed by atoms with Crippen molar-refractivity contribution in [1.82, 2.24) is 9.55 Å². The van der Waals surface area contributed by atoms with Gasteiger partial charge in [-0.25, -0.2) is 13.8 Å². The van der Waals surface area contributed by atoms with Gasteiger partial charge in [0.05, 0.1) is 36.6 Å². The van der Waals surface area contributed by atoms with E-state index in [4.69, 9.17) is 10.8 Å². The summed E-state index contributed by atoms with van der Waals surface area (Å²) in [6.45, 7) is -0.303. The number of halogens is 2. The predicted octanol–water partition coefficient (Wildman–Crippen LogP) is 1.14. The van der Waals surface area contributed by atoms with Crippen molar-refractivity contribution in [3.8, 4) is 5.69 Å². The third-order valence-electron chi connectivity index (χ3n) is 2.43. The van der Waals surface area contributed by atoms with Crippen LogP contribution in [0.4, 0.5) is 8.78 Å². The highest BCUT2D eigenvalue weighted by Gasteiger charge is 2.15. The van der Waals surface area contributed by atoms with E-state index in [-0.39, 0.29) is 12.3 Å². The van der Waals surface area contributed by atoms with Crippen LogP contribution < -0.4 is 5.73 Å². The number of nitrogens with zero attached hydrogens (tertiary/aromatic N) is 2. The minimum Gasteiger partial charge on any atom is -0.394 e. The minimum absolute atomic E-state index is 0.0152. The molecule has 0 aliphatic heterocycles. The molecule has 0 aliphatic carbocycles. The van der Waals surface area contributed by atoms with Crippen molar-refractivity contribution in [1.29, 1.82) is 0 Å². The van der Waals surface area contributed by atoms with E-state index >= 15 is 0 Å². The summed E-state index contributed by atoms with van der Waals surface area (Å²) in [7, 11) is 0. The summed E-state index contributed by atoms with van der Waals surface area (Å²) in [4.78, 5) is 3.82. The molecular formula is C11H11F2N3O. The molecule has 6 heteroatoms. The summed E-state index contributed by atoms with van der Waals surface area (Å²) in [6.07, 6.45) is 2.73. The Bertz CT molecular complexity index is 527. The molecule has 1 unspecified atom stereocenters. The van der Waals surface area contributed by atoms with Gasteiger partial charge in [0.25, 0.3) is 0 Å². The van der Waals surface area contributed by atoms with Crippen LogP contribution in [0.2, 0.25) is 0 Å². The average molecular weight is 239 g/mol. The number of hydrogen-bond donors (Lipinski definition) is 2. The highest BCUT2D eigenvalue weighted by atomic mass is 19.2. The summed E-state index contributed by atoms with van der Waals surface area (Å²) in [5, 5.41) is 8.97. The summed E-state index contributed by atoms with van der Waals surface area (Å²) in [6, 6.07) is 3.14. The van der Waals surface area contributed by atoms with Crippen LogP contribution in [0.1, 0.15) is 11.7 Å². The van der Waals surface area contributed by atoms with Gasteiger partial charge in [-0.3, -0.25) is 4.57 Å². The van der Waals surface area contributed by atoms with Gasteiger partial charge < -0.3 is 10.8 Å². The first kappa shape index (κ1) is 11.7. The van der Waals surface area contributed by atoms with Crippen molar-refractivity contribution >= 4 is 0 Å². The fraction of sp³-hybridized carbons (Fsp3) is 0.182. The first-order valence-electron chi connectivity index (χ1n) is 4.98. The predicted molar refractivity (Wildman–Crippen MR) is 57.5 cm³/mol. The number of rotatable bonds is 3. The molecule has 0 spiro atoms. The minimum atomic E-state index is -0.975.